The van der Waals surface area contributed by atoms with Crippen LogP contribution in [0, 0.1) is 0 Å². The van der Waals surface area contributed by atoms with Gasteiger partial charge in [0.2, 0.25) is 5.88 Å². The lowest BCUT2D eigenvalue weighted by Gasteiger charge is -2.33. The molecule has 32 heavy (non-hydrogen) atoms. The van der Waals surface area contributed by atoms with E-state index in [-0.39, 0.29) is 29.4 Å². The molecule has 7 nitrogen and oxygen atoms in total. The van der Waals surface area contributed by atoms with Crippen molar-refractivity contribution in [2.45, 2.75) is 39.0 Å². The first-order valence-corrected chi connectivity index (χ1v) is 10.4. The first-order valence-electron chi connectivity index (χ1n) is 9.60. The number of rotatable bonds is 6. The number of alkyl halides is 4. The van der Waals surface area contributed by atoms with Crippen molar-refractivity contribution in [3.05, 3.63) is 47.4 Å². The van der Waals surface area contributed by atoms with Crippen LogP contribution >= 0.6 is 11.6 Å². The number of pyridine rings is 1. The van der Waals surface area contributed by atoms with Crippen LogP contribution in [0.3, 0.4) is 0 Å². The molecule has 1 aromatic rings. The van der Waals surface area contributed by atoms with Crippen molar-refractivity contribution < 1.29 is 27.5 Å². The third kappa shape index (κ3) is 10.0. The highest BCUT2D eigenvalue weighted by atomic mass is 35.5. The summed E-state index contributed by atoms with van der Waals surface area (Å²) in [7, 11) is 3.80. The topological polar surface area (TPSA) is 83.6 Å². The summed E-state index contributed by atoms with van der Waals surface area (Å²) in [6.45, 7) is 3.92. The third-order valence-electron chi connectivity index (χ3n) is 4.21. The van der Waals surface area contributed by atoms with Crippen molar-refractivity contribution in [3.8, 4) is 5.88 Å². The van der Waals surface area contributed by atoms with Crippen LogP contribution < -0.4 is 15.4 Å². The fourth-order valence-electron chi connectivity index (χ4n) is 2.55. The zero-order chi connectivity index (χ0) is 24.9. The second-order valence-electron chi connectivity index (χ2n) is 6.52. The van der Waals surface area contributed by atoms with Gasteiger partial charge >= 0.3 is 6.18 Å². The molecule has 2 unspecified atom stereocenters. The van der Waals surface area contributed by atoms with Crippen LogP contribution in [0.2, 0.25) is 0 Å². The molecule has 1 aliphatic heterocycles. The number of nitrogens with zero attached hydrogens (tertiary/aromatic N) is 2. The number of aromatic nitrogens is 1. The number of hydrogen-bond donors (Lipinski definition) is 2. The minimum atomic E-state index is -4.44. The predicted octanol–water partition coefficient (Wildman–Crippen LogP) is 3.52. The number of carbonyl (C=O) groups excluding carboxylic acids is 2. The van der Waals surface area contributed by atoms with Gasteiger partial charge in [0.05, 0.1) is 11.6 Å². The van der Waals surface area contributed by atoms with E-state index in [4.69, 9.17) is 4.79 Å². The molecule has 11 heteroatoms. The molecular weight excluding hydrogens is 449 g/mol. The van der Waals surface area contributed by atoms with Crippen molar-refractivity contribution in [2.24, 2.45) is 0 Å². The van der Waals surface area contributed by atoms with E-state index >= 15 is 0 Å². The number of carbonyl (C=O) groups is 2. The number of ether oxygens (including phenoxy) is 1. The number of likely N-dealkylation sites (N-methyl/N-ethyl adjacent to an activating group) is 1. The Labute approximate surface area is 191 Å². The maximum absolute atomic E-state index is 12.4. The first-order chi connectivity index (χ1) is 15.0. The fourth-order valence-corrected chi connectivity index (χ4v) is 2.55. The third-order valence-corrected chi connectivity index (χ3v) is 4.21. The molecule has 1 aliphatic rings. The van der Waals surface area contributed by atoms with Crippen LogP contribution in [0.15, 0.2) is 41.9 Å². The Bertz CT molecular complexity index is 783. The fraction of sp³-hybridized carbons (Fsp3) is 0.476. The Morgan fingerprint density at radius 2 is 1.97 bits per heavy atom. The van der Waals surface area contributed by atoms with Crippen LogP contribution in [0.1, 0.15) is 31.1 Å². The molecule has 0 fully saturated rings. The average molecular weight is 479 g/mol. The van der Waals surface area contributed by atoms with Crippen molar-refractivity contribution in [1.82, 2.24) is 20.5 Å². The van der Waals surface area contributed by atoms with Gasteiger partial charge in [0.15, 0.2) is 6.61 Å². The zero-order valence-electron chi connectivity index (χ0n) is 19.0. The quantitative estimate of drug-likeness (QED) is 0.481. The van der Waals surface area contributed by atoms with Crippen molar-refractivity contribution in [2.75, 3.05) is 27.1 Å². The first kappa shape index (κ1) is 29.2. The molecule has 1 aromatic heterocycles. The van der Waals surface area contributed by atoms with Gasteiger partial charge in [-0.2, -0.15) is 13.2 Å². The number of halogens is 4. The Kier molecular flexibility index (Phi) is 13.1. The van der Waals surface area contributed by atoms with Crippen molar-refractivity contribution in [3.63, 3.8) is 0 Å². The molecule has 2 heterocycles. The van der Waals surface area contributed by atoms with Crippen LogP contribution in [0.25, 0.3) is 0 Å². The molecule has 0 aliphatic carbocycles. The lowest BCUT2D eigenvalue weighted by Crippen LogP contribution is -2.39. The molecule has 2 rings (SSSR count). The average Bonchev–Trinajstić information content (AvgIpc) is 2.75. The van der Waals surface area contributed by atoms with Gasteiger partial charge in [0.1, 0.15) is 12.1 Å². The zero-order valence-corrected chi connectivity index (χ0v) is 19.7. The summed E-state index contributed by atoms with van der Waals surface area (Å²) in [5, 5.41) is 5.97. The molecule has 2 atom stereocenters. The SMILES string of the molecule is CC=O.CCl.CNC1=CC(C(C)NC(=O)c2ccc(OCC(F)(F)F)nc2)=CC(C)N1C. The van der Waals surface area contributed by atoms with Gasteiger partial charge in [-0.05, 0) is 38.5 Å². The van der Waals surface area contributed by atoms with E-state index in [2.05, 4.69) is 42.9 Å². The molecule has 0 bridgehead atoms. The van der Waals surface area contributed by atoms with Crippen molar-refractivity contribution in [1.29, 1.82) is 0 Å². The molecule has 0 saturated carbocycles. The van der Waals surface area contributed by atoms with Gasteiger partial charge in [-0.25, -0.2) is 4.98 Å². The number of hydrogen-bond acceptors (Lipinski definition) is 6. The van der Waals surface area contributed by atoms with E-state index in [1.54, 1.807) is 0 Å². The van der Waals surface area contributed by atoms with Crippen LogP contribution in [0.5, 0.6) is 5.88 Å². The second-order valence-corrected chi connectivity index (χ2v) is 6.52. The van der Waals surface area contributed by atoms with E-state index in [9.17, 15) is 18.0 Å². The monoisotopic (exact) mass is 478 g/mol. The maximum atomic E-state index is 12.4. The Morgan fingerprint density at radius 1 is 1.38 bits per heavy atom. The number of amides is 1. The van der Waals surface area contributed by atoms with Crippen LogP contribution in [-0.2, 0) is 4.79 Å². The van der Waals surface area contributed by atoms with E-state index in [0.29, 0.717) is 0 Å². The summed E-state index contributed by atoms with van der Waals surface area (Å²) in [5.74, 6) is 0.378. The van der Waals surface area contributed by atoms with Gasteiger partial charge in [-0.15, -0.1) is 11.6 Å². The summed E-state index contributed by atoms with van der Waals surface area (Å²) in [6.07, 6.45) is 2.98. The smallest absolute Gasteiger partial charge is 0.422 e. The van der Waals surface area contributed by atoms with Crippen LogP contribution in [0.4, 0.5) is 13.2 Å². The highest BCUT2D eigenvalue weighted by Gasteiger charge is 2.28. The predicted molar refractivity (Wildman–Crippen MR) is 119 cm³/mol. The van der Waals surface area contributed by atoms with Gasteiger partial charge in [0, 0.05) is 38.8 Å². The molecule has 0 saturated heterocycles. The summed E-state index contributed by atoms with van der Waals surface area (Å²) < 4.78 is 41.0. The molecule has 0 aromatic carbocycles. The van der Waals surface area contributed by atoms with E-state index in [1.807, 2.05) is 34.0 Å². The maximum Gasteiger partial charge on any atom is 0.422 e. The Morgan fingerprint density at radius 3 is 2.44 bits per heavy atom. The van der Waals surface area contributed by atoms with Crippen molar-refractivity contribution >= 4 is 23.8 Å². The molecule has 1 amide bonds. The lowest BCUT2D eigenvalue weighted by molar-refractivity contribution is -0.154. The summed E-state index contributed by atoms with van der Waals surface area (Å²) in [5.41, 5.74) is 1.19. The molecule has 0 spiro atoms. The number of aldehydes is 1. The molecule has 0 radical (unpaired) electrons. The van der Waals surface area contributed by atoms with E-state index in [0.717, 1.165) is 17.7 Å². The van der Waals surface area contributed by atoms with Crippen LogP contribution in [-0.4, -0.2) is 67.4 Å². The highest BCUT2D eigenvalue weighted by molar-refractivity contribution is 6.15. The van der Waals surface area contributed by atoms with E-state index in [1.165, 1.54) is 31.6 Å². The highest BCUT2D eigenvalue weighted by Crippen LogP contribution is 2.20. The standard InChI is InChI=1S/C18H23F3N4O2.C2H4O.CH3Cl/c1-11-7-14(8-15(22-3)25(11)4)12(2)24-17(26)13-5-6-16(23-9-13)27-10-18(19,20)21;1-2-3;1-2/h5-9,11-12,22H,10H2,1-4H3,(H,24,26);2H,1H3;1H3. The summed E-state index contributed by atoms with van der Waals surface area (Å²) in [6, 6.07) is 2.53. The summed E-state index contributed by atoms with van der Waals surface area (Å²) >= 11 is 4.64. The molecular formula is C21H30ClF3N4O3. The van der Waals surface area contributed by atoms with Gasteiger partial charge in [-0.3, -0.25) is 4.79 Å². The van der Waals surface area contributed by atoms with Gasteiger partial charge in [0.25, 0.3) is 5.91 Å². The van der Waals surface area contributed by atoms with E-state index < -0.39 is 12.8 Å². The second kappa shape index (κ2) is 14.3. The molecule has 2 N–H and O–H groups in total. The van der Waals surface area contributed by atoms with Gasteiger partial charge < -0.3 is 25.1 Å². The minimum Gasteiger partial charge on any atom is -0.468 e. The minimum absolute atomic E-state index is 0.165. The molecule has 180 valence electrons. The summed E-state index contributed by atoms with van der Waals surface area (Å²) in [4.78, 5) is 27.0. The van der Waals surface area contributed by atoms with Gasteiger partial charge in [-0.1, -0.05) is 6.08 Å². The Hall–Kier alpha value is -2.75. The largest absolute Gasteiger partial charge is 0.468 e. The Balaban J connectivity index is 0.00000177. The lowest BCUT2D eigenvalue weighted by atomic mass is 10.0. The number of nitrogens with one attached hydrogen (secondary N) is 2. The normalized spacial score (nSPS) is 16.1.